The maximum absolute atomic E-state index is 12.5. The van der Waals surface area contributed by atoms with Gasteiger partial charge in [0.15, 0.2) is 0 Å². The van der Waals surface area contributed by atoms with Crippen LogP contribution in [0.15, 0.2) is 10.2 Å². The van der Waals surface area contributed by atoms with Gasteiger partial charge in [-0.3, -0.25) is 9.36 Å². The number of carboxylic acids is 1. The van der Waals surface area contributed by atoms with Crippen molar-refractivity contribution in [2.24, 2.45) is 0 Å². The summed E-state index contributed by atoms with van der Waals surface area (Å²) in [5.74, 6) is -0.451. The van der Waals surface area contributed by atoms with Gasteiger partial charge in [-0.15, -0.1) is 11.3 Å². The van der Waals surface area contributed by atoms with Crippen LogP contribution in [0.2, 0.25) is 0 Å². The van der Waals surface area contributed by atoms with Crippen molar-refractivity contribution in [3.8, 4) is 0 Å². The minimum absolute atomic E-state index is 0.0330. The molecule has 0 atom stereocenters. The lowest BCUT2D eigenvalue weighted by atomic mass is 10.2. The lowest BCUT2D eigenvalue weighted by Gasteiger charge is -2.11. The fourth-order valence-corrected chi connectivity index (χ4v) is 2.98. The summed E-state index contributed by atoms with van der Waals surface area (Å²) in [6.45, 7) is 2.96. The lowest BCUT2D eigenvalue weighted by Crippen LogP contribution is -2.26. The Morgan fingerprint density at radius 1 is 1.55 bits per heavy atom. The summed E-state index contributed by atoms with van der Waals surface area (Å²) in [5, 5.41) is 10.8. The zero-order valence-electron chi connectivity index (χ0n) is 11.4. The molecule has 0 aliphatic rings. The fourth-order valence-electron chi connectivity index (χ4n) is 2.06. The van der Waals surface area contributed by atoms with Crippen molar-refractivity contribution in [3.63, 3.8) is 0 Å². The van der Waals surface area contributed by atoms with Crippen molar-refractivity contribution in [2.75, 3.05) is 13.7 Å². The van der Waals surface area contributed by atoms with E-state index in [0.29, 0.717) is 30.2 Å². The summed E-state index contributed by atoms with van der Waals surface area (Å²) < 4.78 is 6.58. The number of hydrogen-bond donors (Lipinski definition) is 1. The Bertz CT molecular complexity index is 689. The van der Waals surface area contributed by atoms with Gasteiger partial charge in [0, 0.05) is 25.5 Å². The predicted molar refractivity (Wildman–Crippen MR) is 76.7 cm³/mol. The molecule has 0 fully saturated rings. The molecule has 0 aliphatic carbocycles. The molecule has 108 valence electrons. The van der Waals surface area contributed by atoms with Gasteiger partial charge < -0.3 is 9.84 Å². The number of fused-ring (bicyclic) bond motifs is 1. The van der Waals surface area contributed by atoms with Gasteiger partial charge in [-0.2, -0.15) is 0 Å². The average molecular weight is 296 g/mol. The SMILES string of the molecule is CCCn1c(CCOC)nc2scc(C(=O)O)c2c1=O. The standard InChI is InChI=1S/C13H16N2O4S/c1-3-5-15-9(4-6-19-2)14-11-10(12(15)16)8(7-20-11)13(17)18/h7H,3-6H2,1-2H3,(H,17,18). The first-order valence-corrected chi connectivity index (χ1v) is 7.21. The lowest BCUT2D eigenvalue weighted by molar-refractivity contribution is 0.0699. The van der Waals surface area contributed by atoms with Crippen LogP contribution in [-0.4, -0.2) is 34.3 Å². The molecule has 0 unspecified atom stereocenters. The monoisotopic (exact) mass is 296 g/mol. The number of carboxylic acid groups (broad SMARTS) is 1. The summed E-state index contributed by atoms with van der Waals surface area (Å²) in [6.07, 6.45) is 1.31. The van der Waals surface area contributed by atoms with E-state index in [4.69, 9.17) is 9.84 Å². The Hall–Kier alpha value is -1.73. The number of nitrogens with zero attached hydrogens (tertiary/aromatic N) is 2. The zero-order valence-corrected chi connectivity index (χ0v) is 12.2. The van der Waals surface area contributed by atoms with Crippen LogP contribution in [-0.2, 0) is 17.7 Å². The van der Waals surface area contributed by atoms with Crippen molar-refractivity contribution in [1.82, 2.24) is 9.55 Å². The highest BCUT2D eigenvalue weighted by Crippen LogP contribution is 2.22. The number of methoxy groups -OCH3 is 1. The average Bonchev–Trinajstić information content (AvgIpc) is 2.84. The molecule has 0 amide bonds. The number of rotatable bonds is 6. The highest BCUT2D eigenvalue weighted by Gasteiger charge is 2.19. The summed E-state index contributed by atoms with van der Waals surface area (Å²) >= 11 is 1.18. The number of thiophene rings is 1. The zero-order chi connectivity index (χ0) is 14.7. The number of ether oxygens (including phenoxy) is 1. The van der Waals surface area contributed by atoms with Gasteiger partial charge in [0.2, 0.25) is 0 Å². The smallest absolute Gasteiger partial charge is 0.337 e. The third-order valence-electron chi connectivity index (χ3n) is 2.98. The third-order valence-corrected chi connectivity index (χ3v) is 3.85. The van der Waals surface area contributed by atoms with Crippen LogP contribution < -0.4 is 5.56 Å². The van der Waals surface area contributed by atoms with Gasteiger partial charge in [0.25, 0.3) is 5.56 Å². The molecule has 1 N–H and O–H groups in total. The Morgan fingerprint density at radius 3 is 2.90 bits per heavy atom. The quantitative estimate of drug-likeness (QED) is 0.878. The van der Waals surface area contributed by atoms with E-state index < -0.39 is 5.97 Å². The van der Waals surface area contributed by atoms with Gasteiger partial charge in [-0.1, -0.05) is 6.92 Å². The van der Waals surface area contributed by atoms with Gasteiger partial charge >= 0.3 is 5.97 Å². The van der Waals surface area contributed by atoms with Crippen LogP contribution >= 0.6 is 11.3 Å². The minimum atomic E-state index is -1.09. The molecular weight excluding hydrogens is 280 g/mol. The van der Waals surface area contributed by atoms with Crippen LogP contribution in [0.25, 0.3) is 10.2 Å². The molecule has 0 aromatic carbocycles. The normalized spacial score (nSPS) is 11.1. The van der Waals surface area contributed by atoms with Crippen molar-refractivity contribution in [3.05, 3.63) is 27.1 Å². The fraction of sp³-hybridized carbons (Fsp3) is 0.462. The van der Waals surface area contributed by atoms with Gasteiger partial charge in [-0.05, 0) is 6.42 Å². The van der Waals surface area contributed by atoms with Crippen LogP contribution in [0.3, 0.4) is 0 Å². The van der Waals surface area contributed by atoms with Gasteiger partial charge in [0.05, 0.1) is 17.6 Å². The highest BCUT2D eigenvalue weighted by atomic mass is 32.1. The van der Waals surface area contributed by atoms with E-state index >= 15 is 0 Å². The topological polar surface area (TPSA) is 81.4 Å². The van der Waals surface area contributed by atoms with E-state index in [2.05, 4.69) is 4.98 Å². The van der Waals surface area contributed by atoms with Crippen LogP contribution in [0.5, 0.6) is 0 Å². The molecular formula is C13H16N2O4S. The molecule has 6 nitrogen and oxygen atoms in total. The molecule has 2 aromatic rings. The van der Waals surface area contributed by atoms with E-state index in [1.54, 1.807) is 11.7 Å². The first-order chi connectivity index (χ1) is 9.60. The summed E-state index contributed by atoms with van der Waals surface area (Å²) in [6, 6.07) is 0. The van der Waals surface area contributed by atoms with Crippen LogP contribution in [0.1, 0.15) is 29.5 Å². The minimum Gasteiger partial charge on any atom is -0.478 e. The number of aromatic carboxylic acids is 1. The molecule has 0 bridgehead atoms. The van der Waals surface area contributed by atoms with Crippen molar-refractivity contribution >= 4 is 27.5 Å². The number of hydrogen-bond acceptors (Lipinski definition) is 5. The Kier molecular flexibility index (Phi) is 4.51. The number of carbonyl (C=O) groups is 1. The Labute approximate surface area is 119 Å². The molecule has 20 heavy (non-hydrogen) atoms. The van der Waals surface area contributed by atoms with Crippen molar-refractivity contribution in [2.45, 2.75) is 26.3 Å². The van der Waals surface area contributed by atoms with Crippen LogP contribution in [0.4, 0.5) is 0 Å². The number of aromatic nitrogens is 2. The van der Waals surface area contributed by atoms with E-state index in [1.807, 2.05) is 6.92 Å². The molecule has 7 heteroatoms. The predicted octanol–water partition coefficient (Wildman–Crippen LogP) is 1.76. The summed E-state index contributed by atoms with van der Waals surface area (Å²) in [7, 11) is 1.59. The van der Waals surface area contributed by atoms with Gasteiger partial charge in [0.1, 0.15) is 10.7 Å². The van der Waals surface area contributed by atoms with E-state index in [0.717, 1.165) is 6.42 Å². The van der Waals surface area contributed by atoms with E-state index in [-0.39, 0.29) is 16.5 Å². The molecule has 0 radical (unpaired) electrons. The second kappa shape index (κ2) is 6.15. The van der Waals surface area contributed by atoms with Crippen LogP contribution in [0, 0.1) is 0 Å². The summed E-state index contributed by atoms with van der Waals surface area (Å²) in [5.41, 5.74) is -0.243. The van der Waals surface area contributed by atoms with Gasteiger partial charge in [-0.25, -0.2) is 9.78 Å². The molecule has 2 heterocycles. The van der Waals surface area contributed by atoms with Crippen molar-refractivity contribution in [1.29, 1.82) is 0 Å². The maximum atomic E-state index is 12.5. The first kappa shape index (κ1) is 14.7. The first-order valence-electron chi connectivity index (χ1n) is 6.33. The molecule has 0 spiro atoms. The molecule has 2 aromatic heterocycles. The largest absolute Gasteiger partial charge is 0.478 e. The Balaban J connectivity index is 2.67. The molecule has 2 rings (SSSR count). The van der Waals surface area contributed by atoms with Crippen molar-refractivity contribution < 1.29 is 14.6 Å². The summed E-state index contributed by atoms with van der Waals surface area (Å²) in [4.78, 5) is 28.6. The molecule has 0 saturated heterocycles. The van der Waals surface area contributed by atoms with E-state index in [9.17, 15) is 9.59 Å². The third kappa shape index (κ3) is 2.59. The molecule has 0 aliphatic heterocycles. The van der Waals surface area contributed by atoms with E-state index in [1.165, 1.54) is 16.7 Å². The highest BCUT2D eigenvalue weighted by molar-refractivity contribution is 7.17. The second-order valence-electron chi connectivity index (χ2n) is 4.36. The molecule has 0 saturated carbocycles. The second-order valence-corrected chi connectivity index (χ2v) is 5.22. The Morgan fingerprint density at radius 2 is 2.30 bits per heavy atom. The maximum Gasteiger partial charge on any atom is 0.337 e.